The molecule has 1 saturated carbocycles. The van der Waals surface area contributed by atoms with Gasteiger partial charge in [-0.3, -0.25) is 9.69 Å². The van der Waals surface area contributed by atoms with Gasteiger partial charge in [-0.25, -0.2) is 4.98 Å². The standard InChI is InChI=1S/C19H30N4O2/c1-22-13-15(21-14-22)16(23-9-2-3-10-23)12-20-18(24)19(7-5-8-19)17-6-4-11-25-17/h13-14,16-17H,2-12H2,1H3,(H,20,24). The first-order valence-electron chi connectivity index (χ1n) is 9.81. The molecule has 2 unspecified atom stereocenters. The molecule has 6 nitrogen and oxygen atoms in total. The van der Waals surface area contributed by atoms with Gasteiger partial charge in [-0.05, 0) is 51.6 Å². The third-order valence-corrected chi connectivity index (χ3v) is 6.35. The van der Waals surface area contributed by atoms with Gasteiger partial charge in [0.05, 0.1) is 29.6 Å². The van der Waals surface area contributed by atoms with Crippen LogP contribution < -0.4 is 5.32 Å². The molecule has 1 N–H and O–H groups in total. The van der Waals surface area contributed by atoms with Gasteiger partial charge in [0.1, 0.15) is 0 Å². The monoisotopic (exact) mass is 346 g/mol. The number of likely N-dealkylation sites (tertiary alicyclic amines) is 1. The second-order valence-corrected chi connectivity index (χ2v) is 7.94. The molecule has 0 bridgehead atoms. The molecule has 3 heterocycles. The maximum atomic E-state index is 13.1. The van der Waals surface area contributed by atoms with Crippen LogP contribution in [0.4, 0.5) is 0 Å². The van der Waals surface area contributed by atoms with Gasteiger partial charge in [0.2, 0.25) is 5.91 Å². The van der Waals surface area contributed by atoms with E-state index in [1.165, 1.54) is 12.8 Å². The molecule has 6 heteroatoms. The Morgan fingerprint density at radius 3 is 2.72 bits per heavy atom. The van der Waals surface area contributed by atoms with Crippen molar-refractivity contribution >= 4 is 5.91 Å². The zero-order chi connectivity index (χ0) is 17.3. The second kappa shape index (κ2) is 7.08. The average molecular weight is 346 g/mol. The van der Waals surface area contributed by atoms with Crippen LogP contribution in [0, 0.1) is 5.41 Å². The minimum absolute atomic E-state index is 0.126. The number of carbonyl (C=O) groups is 1. The summed E-state index contributed by atoms with van der Waals surface area (Å²) in [5, 5.41) is 3.28. The van der Waals surface area contributed by atoms with Crippen molar-refractivity contribution in [3.63, 3.8) is 0 Å². The van der Waals surface area contributed by atoms with Crippen LogP contribution in [0.5, 0.6) is 0 Å². The molecule has 4 rings (SSSR count). The molecule has 3 aliphatic rings. The Labute approximate surface area is 149 Å². The SMILES string of the molecule is Cn1cnc(C(CNC(=O)C2(C3CCCO3)CCC2)N2CCCC2)c1. The number of aryl methyl sites for hydroxylation is 1. The molecule has 0 aromatic carbocycles. The summed E-state index contributed by atoms with van der Waals surface area (Å²) in [6, 6.07) is 0.175. The van der Waals surface area contributed by atoms with Crippen LogP contribution in [-0.2, 0) is 16.6 Å². The summed E-state index contributed by atoms with van der Waals surface area (Å²) < 4.78 is 7.88. The Kier molecular flexibility index (Phi) is 4.82. The lowest BCUT2D eigenvalue weighted by Gasteiger charge is -2.44. The van der Waals surface area contributed by atoms with Gasteiger partial charge in [0, 0.05) is 26.4 Å². The number of nitrogens with one attached hydrogen (secondary N) is 1. The highest BCUT2D eigenvalue weighted by molar-refractivity contribution is 5.84. The molecule has 1 aliphatic carbocycles. The number of amides is 1. The fraction of sp³-hybridized carbons (Fsp3) is 0.789. The Hall–Kier alpha value is -1.40. The van der Waals surface area contributed by atoms with Gasteiger partial charge in [-0.2, -0.15) is 0 Å². The lowest BCUT2D eigenvalue weighted by Crippen LogP contribution is -2.54. The van der Waals surface area contributed by atoms with Crippen molar-refractivity contribution in [3.05, 3.63) is 18.2 Å². The van der Waals surface area contributed by atoms with Gasteiger partial charge in [-0.15, -0.1) is 0 Å². The fourth-order valence-corrected chi connectivity index (χ4v) is 4.71. The highest BCUT2D eigenvalue weighted by Gasteiger charge is 2.51. The third kappa shape index (κ3) is 3.22. The molecule has 1 aromatic rings. The van der Waals surface area contributed by atoms with Crippen molar-refractivity contribution in [2.45, 2.75) is 57.1 Å². The van der Waals surface area contributed by atoms with E-state index in [0.29, 0.717) is 6.54 Å². The normalized spacial score (nSPS) is 27.2. The molecule has 0 spiro atoms. The molecule has 3 fully saturated rings. The molecule has 2 atom stereocenters. The van der Waals surface area contributed by atoms with Crippen LogP contribution in [0.3, 0.4) is 0 Å². The number of hydrogen-bond donors (Lipinski definition) is 1. The lowest BCUT2D eigenvalue weighted by molar-refractivity contribution is -0.148. The predicted molar refractivity (Wildman–Crippen MR) is 95.0 cm³/mol. The van der Waals surface area contributed by atoms with E-state index in [1.807, 2.05) is 17.9 Å². The smallest absolute Gasteiger partial charge is 0.228 e. The van der Waals surface area contributed by atoms with Crippen molar-refractivity contribution in [2.24, 2.45) is 12.5 Å². The summed E-state index contributed by atoms with van der Waals surface area (Å²) in [6.45, 7) is 3.64. The number of hydrogen-bond acceptors (Lipinski definition) is 4. The molecule has 25 heavy (non-hydrogen) atoms. The molecule has 1 amide bonds. The maximum absolute atomic E-state index is 13.1. The zero-order valence-electron chi connectivity index (χ0n) is 15.2. The Morgan fingerprint density at radius 1 is 1.36 bits per heavy atom. The molecule has 2 saturated heterocycles. The molecule has 2 aliphatic heterocycles. The van der Waals surface area contributed by atoms with Crippen LogP contribution in [0.25, 0.3) is 0 Å². The van der Waals surface area contributed by atoms with Gasteiger partial charge in [0.15, 0.2) is 0 Å². The van der Waals surface area contributed by atoms with E-state index >= 15 is 0 Å². The Morgan fingerprint density at radius 2 is 2.16 bits per heavy atom. The lowest BCUT2D eigenvalue weighted by atomic mass is 9.63. The molecular formula is C19H30N4O2. The maximum Gasteiger partial charge on any atom is 0.228 e. The minimum atomic E-state index is -0.268. The summed E-state index contributed by atoms with van der Waals surface area (Å²) in [5.41, 5.74) is 0.792. The number of ether oxygens (including phenoxy) is 1. The van der Waals surface area contributed by atoms with E-state index in [9.17, 15) is 4.79 Å². The van der Waals surface area contributed by atoms with E-state index in [2.05, 4.69) is 21.4 Å². The Bertz CT molecular complexity index is 598. The number of rotatable bonds is 6. The van der Waals surface area contributed by atoms with Gasteiger partial charge >= 0.3 is 0 Å². The third-order valence-electron chi connectivity index (χ3n) is 6.35. The summed E-state index contributed by atoms with van der Waals surface area (Å²) in [4.78, 5) is 20.1. The van der Waals surface area contributed by atoms with Crippen molar-refractivity contribution in [1.29, 1.82) is 0 Å². The van der Waals surface area contributed by atoms with E-state index in [4.69, 9.17) is 4.74 Å². The van der Waals surface area contributed by atoms with E-state index < -0.39 is 0 Å². The highest BCUT2D eigenvalue weighted by Crippen LogP contribution is 2.48. The fourth-order valence-electron chi connectivity index (χ4n) is 4.71. The number of imidazole rings is 1. The van der Waals surface area contributed by atoms with Crippen LogP contribution in [-0.4, -0.2) is 52.7 Å². The van der Waals surface area contributed by atoms with Crippen molar-refractivity contribution in [2.75, 3.05) is 26.2 Å². The first-order chi connectivity index (χ1) is 12.2. The number of aromatic nitrogens is 2. The molecule has 0 radical (unpaired) electrons. The zero-order valence-corrected chi connectivity index (χ0v) is 15.2. The second-order valence-electron chi connectivity index (χ2n) is 7.94. The summed E-state index contributed by atoms with van der Waals surface area (Å²) >= 11 is 0. The van der Waals surface area contributed by atoms with Crippen molar-refractivity contribution in [3.8, 4) is 0 Å². The summed E-state index contributed by atoms with van der Waals surface area (Å²) in [7, 11) is 2.00. The van der Waals surface area contributed by atoms with E-state index in [1.54, 1.807) is 0 Å². The summed E-state index contributed by atoms with van der Waals surface area (Å²) in [5.74, 6) is 0.200. The average Bonchev–Trinajstić information content (AvgIpc) is 3.29. The largest absolute Gasteiger partial charge is 0.377 e. The molecular weight excluding hydrogens is 316 g/mol. The van der Waals surface area contributed by atoms with E-state index in [-0.39, 0.29) is 23.5 Å². The number of nitrogens with zero attached hydrogens (tertiary/aromatic N) is 3. The first kappa shape index (κ1) is 17.0. The van der Waals surface area contributed by atoms with Gasteiger partial charge in [-0.1, -0.05) is 6.42 Å². The summed E-state index contributed by atoms with van der Waals surface area (Å²) in [6.07, 6.45) is 11.7. The van der Waals surface area contributed by atoms with Crippen molar-refractivity contribution in [1.82, 2.24) is 19.8 Å². The van der Waals surface area contributed by atoms with Crippen LogP contribution in [0.1, 0.15) is 56.7 Å². The Balaban J connectivity index is 1.44. The predicted octanol–water partition coefficient (Wildman–Crippen LogP) is 2.02. The minimum Gasteiger partial charge on any atom is -0.377 e. The van der Waals surface area contributed by atoms with Gasteiger partial charge < -0.3 is 14.6 Å². The van der Waals surface area contributed by atoms with E-state index in [0.717, 1.165) is 57.5 Å². The van der Waals surface area contributed by atoms with Crippen molar-refractivity contribution < 1.29 is 9.53 Å². The van der Waals surface area contributed by atoms with Crippen LogP contribution in [0.2, 0.25) is 0 Å². The molecule has 1 aromatic heterocycles. The molecule has 138 valence electrons. The van der Waals surface area contributed by atoms with Crippen LogP contribution in [0.15, 0.2) is 12.5 Å². The van der Waals surface area contributed by atoms with Crippen LogP contribution >= 0.6 is 0 Å². The van der Waals surface area contributed by atoms with Gasteiger partial charge in [0.25, 0.3) is 0 Å². The quantitative estimate of drug-likeness (QED) is 0.856. The topological polar surface area (TPSA) is 59.4 Å². The first-order valence-corrected chi connectivity index (χ1v) is 9.81. The highest BCUT2D eigenvalue weighted by atomic mass is 16.5. The number of carbonyl (C=O) groups excluding carboxylic acids is 1.